The molecular weight excluding hydrogens is 236 g/mol. The Balaban J connectivity index is 2.07. The number of benzene rings is 1. The summed E-state index contributed by atoms with van der Waals surface area (Å²) in [5.41, 5.74) is 4.09. The van der Waals surface area contributed by atoms with Crippen LogP contribution in [0.1, 0.15) is 30.4 Å². The molecule has 0 saturated carbocycles. The van der Waals surface area contributed by atoms with E-state index in [1.807, 2.05) is 36.4 Å². The summed E-state index contributed by atoms with van der Waals surface area (Å²) in [5.74, 6) is -0.146. The Bertz CT molecular complexity index is 576. The molecule has 1 amide bonds. The maximum Gasteiger partial charge on any atom is 0.232 e. The van der Waals surface area contributed by atoms with Crippen molar-refractivity contribution >= 4 is 5.91 Å². The first kappa shape index (κ1) is 11.9. The molecule has 1 heterocycles. The summed E-state index contributed by atoms with van der Waals surface area (Å²) >= 11 is 0. The molecule has 3 nitrogen and oxygen atoms in total. The van der Waals surface area contributed by atoms with E-state index >= 15 is 0 Å². The second-order valence-corrected chi connectivity index (χ2v) is 4.75. The van der Waals surface area contributed by atoms with Gasteiger partial charge in [0.25, 0.3) is 0 Å². The van der Waals surface area contributed by atoms with Crippen molar-refractivity contribution in [1.29, 1.82) is 0 Å². The maximum absolute atomic E-state index is 12.4. The van der Waals surface area contributed by atoms with E-state index in [1.54, 1.807) is 6.20 Å². The monoisotopic (exact) mass is 252 g/mol. The summed E-state index contributed by atoms with van der Waals surface area (Å²) in [4.78, 5) is 16.8. The number of nitrogens with zero attached hydrogens (tertiary/aromatic N) is 1. The Morgan fingerprint density at radius 3 is 2.84 bits per heavy atom. The van der Waals surface area contributed by atoms with Crippen molar-refractivity contribution in [3.05, 3.63) is 53.7 Å². The van der Waals surface area contributed by atoms with Gasteiger partial charge in [-0.1, -0.05) is 37.3 Å². The lowest BCUT2D eigenvalue weighted by molar-refractivity contribution is -0.121. The van der Waals surface area contributed by atoms with Crippen LogP contribution in [0.15, 0.2) is 42.6 Å². The quantitative estimate of drug-likeness (QED) is 0.912. The van der Waals surface area contributed by atoms with Crippen LogP contribution in [0, 0.1) is 0 Å². The Kier molecular flexibility index (Phi) is 3.03. The van der Waals surface area contributed by atoms with Crippen LogP contribution in [0.2, 0.25) is 0 Å². The highest BCUT2D eigenvalue weighted by Gasteiger charge is 2.33. The molecule has 3 rings (SSSR count). The van der Waals surface area contributed by atoms with Crippen LogP contribution in [0.25, 0.3) is 11.3 Å². The van der Waals surface area contributed by atoms with Crippen molar-refractivity contribution in [3.8, 4) is 11.3 Å². The lowest BCUT2D eigenvalue weighted by Crippen LogP contribution is -2.29. The second-order valence-electron chi connectivity index (χ2n) is 4.75. The summed E-state index contributed by atoms with van der Waals surface area (Å²) < 4.78 is 0. The molecule has 0 spiro atoms. The molecule has 1 aromatic heterocycles. The average Bonchev–Trinajstić information content (AvgIpc) is 2.79. The van der Waals surface area contributed by atoms with Gasteiger partial charge in [0, 0.05) is 18.3 Å². The molecule has 3 heteroatoms. The third-order valence-electron chi connectivity index (χ3n) is 3.49. The Hall–Kier alpha value is -2.16. The fourth-order valence-corrected chi connectivity index (χ4v) is 2.64. The van der Waals surface area contributed by atoms with Crippen LogP contribution in [0.4, 0.5) is 0 Å². The van der Waals surface area contributed by atoms with Gasteiger partial charge >= 0.3 is 0 Å². The van der Waals surface area contributed by atoms with Crippen molar-refractivity contribution in [2.24, 2.45) is 0 Å². The number of fused-ring (bicyclic) bond motifs is 3. The molecule has 0 saturated heterocycles. The molecular formula is C16H16N2O. The van der Waals surface area contributed by atoms with Gasteiger partial charge < -0.3 is 5.32 Å². The summed E-state index contributed by atoms with van der Waals surface area (Å²) in [6, 6.07) is 11.9. The molecule has 0 fully saturated rings. The van der Waals surface area contributed by atoms with E-state index in [4.69, 9.17) is 0 Å². The van der Waals surface area contributed by atoms with Gasteiger partial charge in [-0.25, -0.2) is 0 Å². The van der Waals surface area contributed by atoms with Gasteiger partial charge in [0.05, 0.1) is 11.6 Å². The van der Waals surface area contributed by atoms with Crippen LogP contribution >= 0.6 is 0 Å². The van der Waals surface area contributed by atoms with E-state index in [2.05, 4.69) is 17.2 Å². The average molecular weight is 252 g/mol. The number of amides is 1. The first-order valence-electron chi connectivity index (χ1n) is 6.65. The minimum absolute atomic E-state index is 0.0704. The van der Waals surface area contributed by atoms with Crippen LogP contribution in [0.5, 0.6) is 0 Å². The van der Waals surface area contributed by atoms with Gasteiger partial charge in [-0.3, -0.25) is 9.78 Å². The molecule has 0 bridgehead atoms. The molecule has 1 aliphatic carbocycles. The predicted molar refractivity (Wildman–Crippen MR) is 74.8 cm³/mol. The highest BCUT2D eigenvalue weighted by Crippen LogP contribution is 2.43. The molecule has 1 aliphatic rings. The van der Waals surface area contributed by atoms with Crippen LogP contribution in [0.3, 0.4) is 0 Å². The van der Waals surface area contributed by atoms with Crippen LogP contribution in [-0.2, 0) is 4.79 Å². The van der Waals surface area contributed by atoms with Crippen LogP contribution in [-0.4, -0.2) is 17.4 Å². The van der Waals surface area contributed by atoms with Gasteiger partial charge in [0.1, 0.15) is 0 Å². The number of pyridine rings is 1. The number of carbonyl (C=O) groups excluding carboxylic acids is 1. The minimum atomic E-state index is -0.216. The summed E-state index contributed by atoms with van der Waals surface area (Å²) in [7, 11) is 0. The van der Waals surface area contributed by atoms with Gasteiger partial charge in [-0.2, -0.15) is 0 Å². The molecule has 1 unspecified atom stereocenters. The zero-order chi connectivity index (χ0) is 13.2. The lowest BCUT2D eigenvalue weighted by atomic mass is 9.96. The number of rotatable bonds is 3. The van der Waals surface area contributed by atoms with Crippen LogP contribution < -0.4 is 5.32 Å². The molecule has 0 aliphatic heterocycles. The largest absolute Gasteiger partial charge is 0.355 e. The lowest BCUT2D eigenvalue weighted by Gasteiger charge is -2.13. The van der Waals surface area contributed by atoms with Crippen molar-refractivity contribution in [2.45, 2.75) is 19.3 Å². The highest BCUT2D eigenvalue weighted by atomic mass is 16.1. The molecule has 1 aromatic carbocycles. The molecule has 19 heavy (non-hydrogen) atoms. The van der Waals surface area contributed by atoms with E-state index in [0.717, 1.165) is 28.8 Å². The highest BCUT2D eigenvalue weighted by molar-refractivity contribution is 5.95. The van der Waals surface area contributed by atoms with E-state index in [-0.39, 0.29) is 11.8 Å². The first-order chi connectivity index (χ1) is 9.33. The number of carbonyl (C=O) groups is 1. The predicted octanol–water partition coefficient (Wildman–Crippen LogP) is 2.72. The Morgan fingerprint density at radius 1 is 1.21 bits per heavy atom. The number of nitrogens with one attached hydrogen (secondary N) is 1. The molecule has 1 atom stereocenters. The van der Waals surface area contributed by atoms with E-state index in [1.165, 1.54) is 0 Å². The van der Waals surface area contributed by atoms with E-state index in [9.17, 15) is 4.79 Å². The summed E-state index contributed by atoms with van der Waals surface area (Å²) in [6.07, 6.45) is 2.72. The maximum atomic E-state index is 12.4. The fourth-order valence-electron chi connectivity index (χ4n) is 2.64. The number of hydrogen-bond acceptors (Lipinski definition) is 2. The standard InChI is InChI=1S/C16H16N2O/c1-2-9-18-16(19)14-11-6-3-4-7-12(11)15-13(14)8-5-10-17-15/h3-8,10,14H,2,9H2,1H3,(H,18,19). The topological polar surface area (TPSA) is 42.0 Å². The first-order valence-corrected chi connectivity index (χ1v) is 6.65. The fraction of sp³-hybridized carbons (Fsp3) is 0.250. The number of aromatic nitrogens is 1. The van der Waals surface area contributed by atoms with Crippen molar-refractivity contribution in [1.82, 2.24) is 10.3 Å². The minimum Gasteiger partial charge on any atom is -0.355 e. The van der Waals surface area contributed by atoms with Crippen molar-refractivity contribution in [3.63, 3.8) is 0 Å². The number of hydrogen-bond donors (Lipinski definition) is 1. The zero-order valence-corrected chi connectivity index (χ0v) is 10.9. The Labute approximate surface area is 112 Å². The molecule has 2 aromatic rings. The Morgan fingerprint density at radius 2 is 2.00 bits per heavy atom. The van der Waals surface area contributed by atoms with Gasteiger partial charge in [0.2, 0.25) is 5.91 Å². The molecule has 1 N–H and O–H groups in total. The normalized spacial score (nSPS) is 15.7. The van der Waals surface area contributed by atoms with Crippen molar-refractivity contribution in [2.75, 3.05) is 6.54 Å². The second kappa shape index (κ2) is 4.84. The van der Waals surface area contributed by atoms with E-state index in [0.29, 0.717) is 6.54 Å². The zero-order valence-electron chi connectivity index (χ0n) is 10.9. The summed E-state index contributed by atoms with van der Waals surface area (Å²) in [6.45, 7) is 2.77. The van der Waals surface area contributed by atoms with Gasteiger partial charge in [0.15, 0.2) is 0 Å². The van der Waals surface area contributed by atoms with Crippen molar-refractivity contribution < 1.29 is 4.79 Å². The smallest absolute Gasteiger partial charge is 0.232 e. The summed E-state index contributed by atoms with van der Waals surface area (Å²) in [5, 5.41) is 2.99. The van der Waals surface area contributed by atoms with Gasteiger partial charge in [-0.15, -0.1) is 0 Å². The van der Waals surface area contributed by atoms with E-state index < -0.39 is 0 Å². The third kappa shape index (κ3) is 1.91. The molecule has 96 valence electrons. The molecule has 0 radical (unpaired) electrons. The van der Waals surface area contributed by atoms with Gasteiger partial charge in [-0.05, 0) is 23.6 Å². The third-order valence-corrected chi connectivity index (χ3v) is 3.49. The SMILES string of the molecule is CCCNC(=O)C1c2ccccc2-c2ncccc21.